The van der Waals surface area contributed by atoms with Crippen molar-refractivity contribution >= 4 is 17.5 Å². The van der Waals surface area contributed by atoms with E-state index in [-0.39, 0.29) is 17.6 Å². The quantitative estimate of drug-likeness (QED) is 0.280. The summed E-state index contributed by atoms with van der Waals surface area (Å²) in [4.78, 5) is 41.4. The zero-order valence-electron chi connectivity index (χ0n) is 25.3. The Morgan fingerprint density at radius 2 is 1.90 bits per heavy atom. The normalized spacial score (nSPS) is 16.6. The van der Waals surface area contributed by atoms with E-state index in [1.54, 1.807) is 26.1 Å². The number of rotatable bonds is 6. The van der Waals surface area contributed by atoms with Gasteiger partial charge in [-0.05, 0) is 63.8 Å². The number of ether oxygens (including phenoxy) is 1. The maximum atomic E-state index is 14.3. The molecule has 1 aliphatic carbocycles. The Morgan fingerprint density at radius 3 is 2.62 bits per heavy atom. The van der Waals surface area contributed by atoms with E-state index in [0.29, 0.717) is 47.1 Å². The van der Waals surface area contributed by atoms with Crippen LogP contribution in [0.15, 0.2) is 47.5 Å². The Bertz CT molecular complexity index is 1910. The van der Waals surface area contributed by atoms with Gasteiger partial charge >= 0.3 is 0 Å². The van der Waals surface area contributed by atoms with Crippen molar-refractivity contribution in [2.24, 2.45) is 5.92 Å². The molecule has 1 fully saturated rings. The molecule has 4 aromatic rings. The number of carbonyl (C=O) groups excluding carboxylic acids is 1. The molecule has 0 radical (unpaired) electrons. The van der Waals surface area contributed by atoms with Crippen LogP contribution in [0.25, 0.3) is 17.1 Å². The lowest BCUT2D eigenvalue weighted by molar-refractivity contribution is -0.138. The van der Waals surface area contributed by atoms with Crippen LogP contribution >= 0.6 is 11.6 Å². The summed E-state index contributed by atoms with van der Waals surface area (Å²) < 4.78 is 50.6. The highest BCUT2D eigenvalue weighted by Gasteiger charge is 2.46. The topological polar surface area (TPSA) is 90.2 Å². The Labute approximate surface area is 248 Å². The molecule has 1 saturated carbocycles. The molecule has 6 rings (SSSR count). The number of aromatic nitrogens is 4. The molecule has 5 heterocycles. The Hall–Kier alpha value is -4.18. The van der Waals surface area contributed by atoms with E-state index < -0.39 is 40.0 Å². The molecule has 2 aliphatic rings. The van der Waals surface area contributed by atoms with Gasteiger partial charge in [0.2, 0.25) is 5.91 Å². The third-order valence-electron chi connectivity index (χ3n) is 7.70. The number of nitrogens with zero attached hydrogens (tertiary/aromatic N) is 5. The lowest BCUT2D eigenvalue weighted by Gasteiger charge is -2.32. The predicted molar refractivity (Wildman–Crippen MR) is 152 cm³/mol. The average molecular weight is 594 g/mol. The molecule has 4 aromatic heterocycles. The molecule has 216 valence electrons. The number of aryl methyl sites for hydroxylation is 2. The fourth-order valence-electron chi connectivity index (χ4n) is 5.23. The lowest BCUT2D eigenvalue weighted by Crippen LogP contribution is -2.41. The summed E-state index contributed by atoms with van der Waals surface area (Å²) >= 11 is 6.39. The van der Waals surface area contributed by atoms with Crippen LogP contribution in [0.1, 0.15) is 57.6 Å². The van der Waals surface area contributed by atoms with E-state index in [1.807, 2.05) is 30.9 Å². The molecule has 1 amide bonds. The van der Waals surface area contributed by atoms with Crippen LogP contribution in [0.5, 0.6) is 5.75 Å². The van der Waals surface area contributed by atoms with Gasteiger partial charge in [-0.3, -0.25) is 24.1 Å². The fourth-order valence-corrected chi connectivity index (χ4v) is 5.41. The van der Waals surface area contributed by atoms with Crippen LogP contribution in [0.3, 0.4) is 0 Å². The zero-order valence-corrected chi connectivity index (χ0v) is 24.1. The van der Waals surface area contributed by atoms with Gasteiger partial charge in [0.1, 0.15) is 28.8 Å². The van der Waals surface area contributed by atoms with Crippen LogP contribution in [-0.2, 0) is 23.4 Å². The molecule has 0 spiro atoms. The number of carbonyl (C=O) groups is 1. The first-order valence-corrected chi connectivity index (χ1v) is 13.8. The molecule has 42 heavy (non-hydrogen) atoms. The molecule has 0 bridgehead atoms. The van der Waals surface area contributed by atoms with E-state index in [2.05, 4.69) is 9.97 Å². The van der Waals surface area contributed by atoms with Gasteiger partial charge in [0.05, 0.1) is 37.2 Å². The van der Waals surface area contributed by atoms with Crippen molar-refractivity contribution in [3.63, 3.8) is 0 Å². The third-order valence-corrected chi connectivity index (χ3v) is 8.05. The van der Waals surface area contributed by atoms with Gasteiger partial charge in [-0.1, -0.05) is 17.7 Å². The highest BCUT2D eigenvalue weighted by atomic mass is 35.5. The zero-order chi connectivity index (χ0) is 31.7. The highest BCUT2D eigenvalue weighted by molar-refractivity contribution is 6.31. The van der Waals surface area contributed by atoms with Crippen molar-refractivity contribution in [2.45, 2.75) is 59.2 Å². The predicted octanol–water partition coefficient (Wildman–Crippen LogP) is 5.80. The summed E-state index contributed by atoms with van der Waals surface area (Å²) in [6.07, 6.45) is 4.11. The van der Waals surface area contributed by atoms with Gasteiger partial charge in [0.15, 0.2) is 5.82 Å². The minimum Gasteiger partial charge on any atom is -0.485 e. The first-order valence-electron chi connectivity index (χ1n) is 14.4. The Kier molecular flexibility index (Phi) is 6.24. The van der Waals surface area contributed by atoms with E-state index in [1.165, 1.54) is 10.6 Å². The van der Waals surface area contributed by atoms with Gasteiger partial charge in [-0.15, -0.1) is 0 Å². The summed E-state index contributed by atoms with van der Waals surface area (Å²) in [6.45, 7) is 5.00. The maximum Gasteiger partial charge on any atom is 0.277 e. The standard InChI is InChI=1S/C31H28ClF2N5O3/c1-16-12-35-23(22-8-7-19-14-38(29(40)18-5-6-18)31(3,4)28(19)37-22)11-25(16)39-17(2)9-26(27(32)30(39)41)42-15-24-21(34)10-20(33)13-36-24/h7-13,18H,5-6,14-15H2,1-4H3/i15D2. The van der Waals surface area contributed by atoms with Crippen LogP contribution < -0.4 is 10.3 Å². The van der Waals surface area contributed by atoms with Gasteiger partial charge < -0.3 is 9.64 Å². The van der Waals surface area contributed by atoms with Gasteiger partial charge in [-0.2, -0.15) is 0 Å². The summed E-state index contributed by atoms with van der Waals surface area (Å²) in [5, 5.41) is -0.447. The van der Waals surface area contributed by atoms with Gasteiger partial charge in [0.25, 0.3) is 5.56 Å². The fraction of sp³-hybridized carbons (Fsp3) is 0.323. The van der Waals surface area contributed by atoms with E-state index in [4.69, 9.17) is 24.1 Å². The average Bonchev–Trinajstić information content (AvgIpc) is 3.77. The SMILES string of the molecule is [2H]C([2H])(Oc1cc(C)n(-c2cc(-c3ccc4c(n3)C(C)(C)N(C(=O)C3CC3)C4)ncc2C)c(=O)c1Cl)c1ncc(F)cc1F. The number of amides is 1. The number of hydrogen-bond acceptors (Lipinski definition) is 6. The molecule has 0 unspecified atom stereocenters. The molecule has 0 saturated heterocycles. The molecule has 0 aromatic carbocycles. The number of halogens is 3. The summed E-state index contributed by atoms with van der Waals surface area (Å²) in [5.74, 6) is -2.32. The van der Waals surface area contributed by atoms with Crippen molar-refractivity contribution in [3.8, 4) is 22.8 Å². The second kappa shape index (κ2) is 10.3. The summed E-state index contributed by atoms with van der Waals surface area (Å²) in [6, 6.07) is 7.34. The molecule has 8 nitrogen and oxygen atoms in total. The van der Waals surface area contributed by atoms with E-state index >= 15 is 0 Å². The second-order valence-electron chi connectivity index (χ2n) is 11.1. The maximum absolute atomic E-state index is 14.3. The van der Waals surface area contributed by atoms with Crippen LogP contribution in [0.4, 0.5) is 8.78 Å². The van der Waals surface area contributed by atoms with Gasteiger partial charge in [0, 0.05) is 36.5 Å². The van der Waals surface area contributed by atoms with E-state index in [0.717, 1.165) is 24.1 Å². The Balaban J connectivity index is 1.35. The van der Waals surface area contributed by atoms with Gasteiger partial charge in [-0.25, -0.2) is 13.8 Å². The summed E-state index contributed by atoms with van der Waals surface area (Å²) in [5.41, 5.74) is 2.20. The van der Waals surface area contributed by atoms with Crippen LogP contribution in [0.2, 0.25) is 5.02 Å². The molecule has 0 N–H and O–H groups in total. The van der Waals surface area contributed by atoms with Crippen LogP contribution in [0, 0.1) is 31.4 Å². The largest absolute Gasteiger partial charge is 0.485 e. The number of fused-ring (bicyclic) bond motifs is 1. The highest BCUT2D eigenvalue weighted by Crippen LogP contribution is 2.43. The third kappa shape index (κ3) is 4.83. The summed E-state index contributed by atoms with van der Waals surface area (Å²) in [7, 11) is 0. The van der Waals surface area contributed by atoms with Crippen molar-refractivity contribution < 1.29 is 21.1 Å². The van der Waals surface area contributed by atoms with Crippen molar-refractivity contribution in [3.05, 3.63) is 97.9 Å². The first kappa shape index (κ1) is 25.5. The van der Waals surface area contributed by atoms with Crippen molar-refractivity contribution in [1.29, 1.82) is 0 Å². The number of hydrogen-bond donors (Lipinski definition) is 0. The molecular formula is C31H28ClF2N5O3. The minimum absolute atomic E-state index is 0.0916. The van der Waals surface area contributed by atoms with E-state index in [9.17, 15) is 18.4 Å². The smallest absolute Gasteiger partial charge is 0.277 e. The van der Waals surface area contributed by atoms with Crippen LogP contribution in [-0.4, -0.2) is 30.3 Å². The van der Waals surface area contributed by atoms with Crippen molar-refractivity contribution in [2.75, 3.05) is 0 Å². The first-order chi connectivity index (χ1) is 20.7. The monoisotopic (exact) mass is 593 g/mol. The molecule has 11 heteroatoms. The Morgan fingerprint density at radius 1 is 1.14 bits per heavy atom. The molecule has 0 atom stereocenters. The minimum atomic E-state index is -2.86. The lowest BCUT2D eigenvalue weighted by atomic mass is 9.98. The molecular weight excluding hydrogens is 564 g/mol. The second-order valence-corrected chi connectivity index (χ2v) is 11.5. The molecule has 1 aliphatic heterocycles. The van der Waals surface area contributed by atoms with Crippen molar-refractivity contribution in [1.82, 2.24) is 24.4 Å². The number of pyridine rings is 4.